The number of nitrogens with zero attached hydrogens (tertiary/aromatic N) is 1. The molecule has 1 unspecified atom stereocenters. The highest BCUT2D eigenvalue weighted by Gasteiger charge is 2.23. The molecule has 110 valence electrons. The number of carbonyl (C=O) groups excluding carboxylic acids is 1. The lowest BCUT2D eigenvalue weighted by Gasteiger charge is -2.31. The molecule has 6 heteroatoms. The Kier molecular flexibility index (Phi) is 7.43. The molecule has 1 aliphatic rings. The summed E-state index contributed by atoms with van der Waals surface area (Å²) in [5.41, 5.74) is 0. The average Bonchev–Trinajstić information content (AvgIpc) is 2.34. The lowest BCUT2D eigenvalue weighted by molar-refractivity contribution is -0.138. The zero-order valence-corrected chi connectivity index (χ0v) is 11.6. The van der Waals surface area contributed by atoms with E-state index in [0.717, 1.165) is 25.8 Å². The predicted octanol–water partition coefficient (Wildman–Crippen LogP) is 0.326. The summed E-state index contributed by atoms with van der Waals surface area (Å²) in [6.07, 6.45) is 2.92. The Labute approximate surface area is 114 Å². The lowest BCUT2D eigenvalue weighted by atomic mass is 9.95. The highest BCUT2D eigenvalue weighted by molar-refractivity contribution is 5.78. The quantitative estimate of drug-likeness (QED) is 0.622. The minimum absolute atomic E-state index is 0.00655. The maximum absolute atomic E-state index is 11.7. The third-order valence-electron chi connectivity index (χ3n) is 3.28. The van der Waals surface area contributed by atoms with E-state index in [-0.39, 0.29) is 18.2 Å². The monoisotopic (exact) mass is 272 g/mol. The van der Waals surface area contributed by atoms with Crippen molar-refractivity contribution in [3.63, 3.8) is 0 Å². The van der Waals surface area contributed by atoms with Crippen LogP contribution in [-0.2, 0) is 14.3 Å². The van der Waals surface area contributed by atoms with Crippen molar-refractivity contribution in [2.75, 3.05) is 39.9 Å². The van der Waals surface area contributed by atoms with Crippen LogP contribution in [0.15, 0.2) is 0 Å². The number of piperidine rings is 1. The van der Waals surface area contributed by atoms with Crippen molar-refractivity contribution in [2.24, 2.45) is 5.92 Å². The van der Waals surface area contributed by atoms with E-state index in [2.05, 4.69) is 5.32 Å². The van der Waals surface area contributed by atoms with Crippen LogP contribution in [0.2, 0.25) is 0 Å². The molecular weight excluding hydrogens is 248 g/mol. The van der Waals surface area contributed by atoms with Gasteiger partial charge in [-0.05, 0) is 31.7 Å². The van der Waals surface area contributed by atoms with Crippen molar-refractivity contribution in [3.05, 3.63) is 0 Å². The second-order valence-electron chi connectivity index (χ2n) is 5.04. The number of likely N-dealkylation sites (tertiary alicyclic amines) is 1. The van der Waals surface area contributed by atoms with Crippen molar-refractivity contribution in [1.29, 1.82) is 0 Å². The number of hydrogen-bond donors (Lipinski definition) is 2. The Morgan fingerprint density at radius 2 is 2.26 bits per heavy atom. The van der Waals surface area contributed by atoms with Crippen LogP contribution in [0.25, 0.3) is 0 Å². The van der Waals surface area contributed by atoms with Crippen molar-refractivity contribution in [2.45, 2.75) is 25.7 Å². The van der Waals surface area contributed by atoms with E-state index in [1.807, 2.05) is 4.90 Å². The molecule has 1 aliphatic heterocycles. The largest absolute Gasteiger partial charge is 0.481 e. The van der Waals surface area contributed by atoms with Gasteiger partial charge in [0, 0.05) is 33.2 Å². The molecule has 0 aliphatic carbocycles. The van der Waals surface area contributed by atoms with Crippen molar-refractivity contribution in [3.8, 4) is 0 Å². The van der Waals surface area contributed by atoms with Crippen LogP contribution in [0.5, 0.6) is 0 Å². The Hall–Kier alpha value is -1.14. The highest BCUT2D eigenvalue weighted by Crippen LogP contribution is 2.19. The van der Waals surface area contributed by atoms with E-state index in [1.54, 1.807) is 7.11 Å². The van der Waals surface area contributed by atoms with Gasteiger partial charge in [-0.3, -0.25) is 14.5 Å². The molecule has 0 bridgehead atoms. The van der Waals surface area contributed by atoms with E-state index in [1.165, 1.54) is 0 Å². The van der Waals surface area contributed by atoms with Gasteiger partial charge < -0.3 is 15.2 Å². The Balaban J connectivity index is 2.20. The molecule has 1 heterocycles. The fraction of sp³-hybridized carbons (Fsp3) is 0.846. The first-order chi connectivity index (χ1) is 9.11. The highest BCUT2D eigenvalue weighted by atomic mass is 16.5. The topological polar surface area (TPSA) is 78.9 Å². The van der Waals surface area contributed by atoms with Gasteiger partial charge >= 0.3 is 5.97 Å². The minimum atomic E-state index is -0.754. The van der Waals surface area contributed by atoms with Crippen LogP contribution in [0.1, 0.15) is 25.7 Å². The number of ether oxygens (including phenoxy) is 1. The number of amides is 1. The number of hydrogen-bond acceptors (Lipinski definition) is 4. The summed E-state index contributed by atoms with van der Waals surface area (Å²) in [6.45, 7) is 3.21. The lowest BCUT2D eigenvalue weighted by Crippen LogP contribution is -2.43. The molecule has 0 aromatic carbocycles. The van der Waals surface area contributed by atoms with Gasteiger partial charge in [0.05, 0.1) is 6.54 Å². The number of nitrogens with one attached hydrogen (secondary N) is 1. The second-order valence-corrected chi connectivity index (χ2v) is 5.04. The summed E-state index contributed by atoms with van der Waals surface area (Å²) < 4.78 is 4.91. The third kappa shape index (κ3) is 7.12. The summed E-state index contributed by atoms with van der Waals surface area (Å²) in [6, 6.07) is 0. The van der Waals surface area contributed by atoms with Gasteiger partial charge in [0.1, 0.15) is 0 Å². The zero-order chi connectivity index (χ0) is 14.1. The normalized spacial score (nSPS) is 20.2. The molecule has 0 saturated carbocycles. The summed E-state index contributed by atoms with van der Waals surface area (Å²) in [5.74, 6) is -0.574. The number of methoxy groups -OCH3 is 1. The average molecular weight is 272 g/mol. The molecule has 0 aromatic heterocycles. The molecule has 2 N–H and O–H groups in total. The van der Waals surface area contributed by atoms with Crippen LogP contribution < -0.4 is 5.32 Å². The van der Waals surface area contributed by atoms with Gasteiger partial charge in [-0.2, -0.15) is 0 Å². The molecule has 1 fully saturated rings. The molecule has 0 aromatic rings. The van der Waals surface area contributed by atoms with E-state index in [4.69, 9.17) is 9.84 Å². The van der Waals surface area contributed by atoms with Gasteiger partial charge in [0.15, 0.2) is 0 Å². The standard InChI is InChI=1S/C13H24N2O4/c1-19-7-3-5-14-12(16)10-15-6-2-4-11(9-15)8-13(17)18/h11H,2-10H2,1H3,(H,14,16)(H,17,18). The molecule has 1 amide bonds. The van der Waals surface area contributed by atoms with Gasteiger partial charge in [0.25, 0.3) is 0 Å². The minimum Gasteiger partial charge on any atom is -0.481 e. The molecule has 1 saturated heterocycles. The summed E-state index contributed by atoms with van der Waals surface area (Å²) in [4.78, 5) is 24.4. The van der Waals surface area contributed by atoms with Crippen molar-refractivity contribution in [1.82, 2.24) is 10.2 Å². The fourth-order valence-electron chi connectivity index (χ4n) is 2.41. The smallest absolute Gasteiger partial charge is 0.303 e. The number of carbonyl (C=O) groups is 2. The number of aliphatic carboxylic acids is 1. The first-order valence-electron chi connectivity index (χ1n) is 6.81. The maximum atomic E-state index is 11.7. The molecule has 1 atom stereocenters. The molecule has 0 spiro atoms. The first-order valence-corrected chi connectivity index (χ1v) is 6.81. The molecular formula is C13H24N2O4. The fourth-order valence-corrected chi connectivity index (χ4v) is 2.41. The molecule has 6 nitrogen and oxygen atoms in total. The van der Waals surface area contributed by atoms with E-state index < -0.39 is 5.97 Å². The summed E-state index contributed by atoms with van der Waals surface area (Å²) >= 11 is 0. The molecule has 1 rings (SSSR count). The van der Waals surface area contributed by atoms with E-state index in [0.29, 0.717) is 26.2 Å². The number of carboxylic acids is 1. The molecule has 19 heavy (non-hydrogen) atoms. The van der Waals surface area contributed by atoms with Crippen LogP contribution in [0.4, 0.5) is 0 Å². The van der Waals surface area contributed by atoms with Crippen LogP contribution in [-0.4, -0.2) is 61.8 Å². The third-order valence-corrected chi connectivity index (χ3v) is 3.28. The first kappa shape index (κ1) is 15.9. The molecule has 0 radical (unpaired) electrons. The van der Waals surface area contributed by atoms with Gasteiger partial charge in [-0.1, -0.05) is 0 Å². The van der Waals surface area contributed by atoms with Gasteiger partial charge in [0.2, 0.25) is 5.91 Å². The SMILES string of the molecule is COCCCNC(=O)CN1CCCC(CC(=O)O)C1. The Bertz CT molecular complexity index is 296. The van der Waals surface area contributed by atoms with E-state index >= 15 is 0 Å². The number of carboxylic acid groups (broad SMARTS) is 1. The number of rotatable bonds is 8. The summed E-state index contributed by atoms with van der Waals surface area (Å²) in [5, 5.41) is 11.6. The summed E-state index contributed by atoms with van der Waals surface area (Å²) in [7, 11) is 1.64. The zero-order valence-electron chi connectivity index (χ0n) is 11.6. The van der Waals surface area contributed by atoms with Gasteiger partial charge in [-0.25, -0.2) is 0 Å². The Morgan fingerprint density at radius 3 is 2.95 bits per heavy atom. The van der Waals surface area contributed by atoms with Crippen LogP contribution in [0, 0.1) is 5.92 Å². The van der Waals surface area contributed by atoms with E-state index in [9.17, 15) is 9.59 Å². The van der Waals surface area contributed by atoms with Crippen molar-refractivity contribution < 1.29 is 19.4 Å². The maximum Gasteiger partial charge on any atom is 0.303 e. The van der Waals surface area contributed by atoms with Crippen LogP contribution in [0.3, 0.4) is 0 Å². The van der Waals surface area contributed by atoms with Gasteiger partial charge in [-0.15, -0.1) is 0 Å². The van der Waals surface area contributed by atoms with Crippen LogP contribution >= 0.6 is 0 Å². The predicted molar refractivity (Wildman–Crippen MR) is 70.9 cm³/mol. The second kappa shape index (κ2) is 8.87. The Morgan fingerprint density at radius 1 is 1.47 bits per heavy atom. The van der Waals surface area contributed by atoms with Crippen molar-refractivity contribution >= 4 is 11.9 Å².